The number of carboxylic acid groups (broad SMARTS) is 1. The van der Waals surface area contributed by atoms with Gasteiger partial charge in [0.15, 0.2) is 6.10 Å². The van der Waals surface area contributed by atoms with E-state index in [2.05, 4.69) is 5.32 Å². The zero-order chi connectivity index (χ0) is 16.0. The number of carboxylic acids is 1. The molecule has 0 aromatic carbocycles. The Bertz CT molecular complexity index is 361. The quantitative estimate of drug-likeness (QED) is 0.462. The fraction of sp³-hybridized carbons (Fsp3) is 0.857. The second-order valence-electron chi connectivity index (χ2n) is 5.46. The summed E-state index contributed by atoms with van der Waals surface area (Å²) in [5, 5.41) is 31.5. The van der Waals surface area contributed by atoms with Crippen molar-refractivity contribution in [1.82, 2.24) is 5.32 Å². The minimum atomic E-state index is -1.43. The van der Waals surface area contributed by atoms with Gasteiger partial charge < -0.3 is 20.1 Å². The summed E-state index contributed by atoms with van der Waals surface area (Å²) < 4.78 is 5.30. The van der Waals surface area contributed by atoms with E-state index in [9.17, 15) is 19.8 Å². The van der Waals surface area contributed by atoms with Gasteiger partial charge in [0.1, 0.15) is 18.1 Å². The molecule has 1 rings (SSSR count). The van der Waals surface area contributed by atoms with Crippen molar-refractivity contribution in [1.29, 1.82) is 0 Å². The Morgan fingerprint density at radius 3 is 2.43 bits per heavy atom. The van der Waals surface area contributed by atoms with E-state index in [0.717, 1.165) is 12.8 Å². The van der Waals surface area contributed by atoms with E-state index >= 15 is 0 Å². The van der Waals surface area contributed by atoms with Crippen molar-refractivity contribution in [3.05, 3.63) is 0 Å². The molecule has 0 spiro atoms. The first kappa shape index (κ1) is 18.0. The highest BCUT2D eigenvalue weighted by atomic mass is 16.6. The standard InChI is InChI=1S/C14H25NO6/c1-3-9(16)6-4-5-7-15-13-8(2)10(17)11(18)12(21-13)14(19)20/h8,10-13,15,17-18H,3-7H2,1-2H3,(H,19,20). The Hall–Kier alpha value is -1.02. The van der Waals surface area contributed by atoms with E-state index < -0.39 is 36.4 Å². The molecular formula is C14H25NO6. The molecule has 0 aromatic rings. The maximum atomic E-state index is 11.2. The maximum absolute atomic E-state index is 11.2. The van der Waals surface area contributed by atoms with Gasteiger partial charge in [-0.3, -0.25) is 10.1 Å². The van der Waals surface area contributed by atoms with Crippen LogP contribution in [-0.2, 0) is 14.3 Å². The fourth-order valence-electron chi connectivity index (χ4n) is 2.34. The maximum Gasteiger partial charge on any atom is 0.335 e. The normalized spacial score (nSPS) is 32.9. The van der Waals surface area contributed by atoms with Crippen molar-refractivity contribution < 1.29 is 29.6 Å². The summed E-state index contributed by atoms with van der Waals surface area (Å²) in [7, 11) is 0. The first-order chi connectivity index (χ1) is 9.88. The summed E-state index contributed by atoms with van der Waals surface area (Å²) in [5.41, 5.74) is 0. The molecule has 21 heavy (non-hydrogen) atoms. The molecule has 122 valence electrons. The van der Waals surface area contributed by atoms with Crippen LogP contribution in [0, 0.1) is 5.92 Å². The van der Waals surface area contributed by atoms with Crippen LogP contribution in [0.4, 0.5) is 0 Å². The van der Waals surface area contributed by atoms with Crippen LogP contribution in [0.5, 0.6) is 0 Å². The van der Waals surface area contributed by atoms with Gasteiger partial charge in [-0.1, -0.05) is 13.8 Å². The lowest BCUT2D eigenvalue weighted by atomic mass is 9.91. The highest BCUT2D eigenvalue weighted by Crippen LogP contribution is 2.24. The Kier molecular flexibility index (Phi) is 7.24. The Morgan fingerprint density at radius 2 is 1.86 bits per heavy atom. The summed E-state index contributed by atoms with van der Waals surface area (Å²) in [6.45, 7) is 4.07. The van der Waals surface area contributed by atoms with Crippen LogP contribution >= 0.6 is 0 Å². The van der Waals surface area contributed by atoms with E-state index in [1.165, 1.54) is 0 Å². The van der Waals surface area contributed by atoms with Gasteiger partial charge in [-0.15, -0.1) is 0 Å². The van der Waals surface area contributed by atoms with Crippen LogP contribution in [0.3, 0.4) is 0 Å². The van der Waals surface area contributed by atoms with Crippen molar-refractivity contribution in [2.75, 3.05) is 6.54 Å². The predicted molar refractivity (Wildman–Crippen MR) is 74.6 cm³/mol. The zero-order valence-electron chi connectivity index (χ0n) is 12.5. The van der Waals surface area contributed by atoms with Crippen LogP contribution in [0.15, 0.2) is 0 Å². The number of hydrogen-bond acceptors (Lipinski definition) is 6. The summed E-state index contributed by atoms with van der Waals surface area (Å²) in [6, 6.07) is 0. The molecule has 7 heteroatoms. The van der Waals surface area contributed by atoms with Crippen LogP contribution in [-0.4, -0.2) is 58.2 Å². The third-order valence-electron chi connectivity index (χ3n) is 3.84. The molecule has 0 radical (unpaired) electrons. The lowest BCUT2D eigenvalue weighted by Crippen LogP contribution is -2.60. The Balaban J connectivity index is 2.39. The van der Waals surface area contributed by atoms with E-state index in [1.54, 1.807) is 6.92 Å². The van der Waals surface area contributed by atoms with Gasteiger partial charge in [-0.05, 0) is 19.4 Å². The third-order valence-corrected chi connectivity index (χ3v) is 3.84. The van der Waals surface area contributed by atoms with Gasteiger partial charge in [0, 0.05) is 18.8 Å². The molecule has 5 unspecified atom stereocenters. The molecule has 0 aliphatic carbocycles. The van der Waals surface area contributed by atoms with Gasteiger partial charge in [0.25, 0.3) is 0 Å². The first-order valence-corrected chi connectivity index (χ1v) is 7.38. The average Bonchev–Trinajstić information content (AvgIpc) is 2.45. The minimum absolute atomic E-state index is 0.224. The third kappa shape index (κ3) is 5.03. The summed E-state index contributed by atoms with van der Waals surface area (Å²) in [4.78, 5) is 22.1. The topological polar surface area (TPSA) is 116 Å². The number of aliphatic hydroxyl groups is 2. The number of nitrogens with one attached hydrogen (secondary N) is 1. The predicted octanol–water partition coefficient (Wildman–Crippen LogP) is -0.107. The number of aliphatic carboxylic acids is 1. The molecular weight excluding hydrogens is 278 g/mol. The van der Waals surface area contributed by atoms with Gasteiger partial charge in [-0.2, -0.15) is 0 Å². The summed E-state index contributed by atoms with van der Waals surface area (Å²) in [5.74, 6) is -1.50. The molecule has 0 bridgehead atoms. The number of ether oxygens (including phenoxy) is 1. The number of rotatable bonds is 8. The molecule has 0 saturated carbocycles. The molecule has 0 amide bonds. The van der Waals surface area contributed by atoms with Crippen molar-refractivity contribution in [3.8, 4) is 0 Å². The van der Waals surface area contributed by atoms with Crippen LogP contribution in [0.25, 0.3) is 0 Å². The van der Waals surface area contributed by atoms with Gasteiger partial charge in [0.2, 0.25) is 0 Å². The van der Waals surface area contributed by atoms with Gasteiger partial charge in [0.05, 0.1) is 6.10 Å². The number of aliphatic hydroxyl groups excluding tert-OH is 2. The van der Waals surface area contributed by atoms with Crippen LogP contribution in [0.2, 0.25) is 0 Å². The molecule has 1 saturated heterocycles. The van der Waals surface area contributed by atoms with Crippen molar-refractivity contribution in [2.24, 2.45) is 5.92 Å². The second kappa shape index (κ2) is 8.43. The number of ketones is 1. The molecule has 0 aromatic heterocycles. The lowest BCUT2D eigenvalue weighted by molar-refractivity contribution is -0.215. The van der Waals surface area contributed by atoms with Crippen molar-refractivity contribution in [3.63, 3.8) is 0 Å². The first-order valence-electron chi connectivity index (χ1n) is 7.38. The molecule has 1 aliphatic rings. The van der Waals surface area contributed by atoms with E-state index in [0.29, 0.717) is 19.4 Å². The number of carbonyl (C=O) groups excluding carboxylic acids is 1. The van der Waals surface area contributed by atoms with Crippen LogP contribution < -0.4 is 5.32 Å². The smallest absolute Gasteiger partial charge is 0.335 e. The Morgan fingerprint density at radius 1 is 1.19 bits per heavy atom. The number of carbonyl (C=O) groups is 2. The van der Waals surface area contributed by atoms with Gasteiger partial charge >= 0.3 is 5.97 Å². The molecule has 1 fully saturated rings. The van der Waals surface area contributed by atoms with E-state index in [-0.39, 0.29) is 5.78 Å². The highest BCUT2D eigenvalue weighted by molar-refractivity contribution is 5.77. The Labute approximate surface area is 124 Å². The number of Topliss-reactive ketones (excluding diaryl/α,β-unsaturated/α-hetero) is 1. The highest BCUT2D eigenvalue weighted by Gasteiger charge is 2.45. The molecule has 4 N–H and O–H groups in total. The number of hydrogen-bond donors (Lipinski definition) is 4. The van der Waals surface area contributed by atoms with E-state index in [4.69, 9.17) is 9.84 Å². The zero-order valence-corrected chi connectivity index (χ0v) is 12.5. The average molecular weight is 303 g/mol. The van der Waals surface area contributed by atoms with Gasteiger partial charge in [-0.25, -0.2) is 4.79 Å². The SMILES string of the molecule is CCC(=O)CCCCNC1OC(C(=O)O)C(O)C(O)C1C. The summed E-state index contributed by atoms with van der Waals surface area (Å²) in [6.07, 6.45) is -2.06. The van der Waals surface area contributed by atoms with Crippen molar-refractivity contribution in [2.45, 2.75) is 64.1 Å². The monoisotopic (exact) mass is 303 g/mol. The second-order valence-corrected chi connectivity index (χ2v) is 5.46. The van der Waals surface area contributed by atoms with E-state index in [1.807, 2.05) is 6.92 Å². The fourth-order valence-corrected chi connectivity index (χ4v) is 2.34. The molecule has 1 heterocycles. The summed E-state index contributed by atoms with van der Waals surface area (Å²) >= 11 is 0. The van der Waals surface area contributed by atoms with Crippen LogP contribution in [0.1, 0.15) is 39.5 Å². The molecule has 1 aliphatic heterocycles. The number of unbranched alkanes of at least 4 members (excludes halogenated alkanes) is 1. The minimum Gasteiger partial charge on any atom is -0.479 e. The largest absolute Gasteiger partial charge is 0.479 e. The molecule has 7 nitrogen and oxygen atoms in total. The lowest BCUT2D eigenvalue weighted by Gasteiger charge is -2.40. The molecule has 5 atom stereocenters. The van der Waals surface area contributed by atoms with Crippen molar-refractivity contribution >= 4 is 11.8 Å².